The summed E-state index contributed by atoms with van der Waals surface area (Å²) in [4.78, 5) is 40.7. The van der Waals surface area contributed by atoms with Gasteiger partial charge in [-0.3, -0.25) is 14.7 Å². The molecule has 1 atom stereocenters. The number of nitrogens with zero attached hydrogens (tertiary/aromatic N) is 3. The van der Waals surface area contributed by atoms with E-state index in [1.54, 1.807) is 12.4 Å². The summed E-state index contributed by atoms with van der Waals surface area (Å²) in [6.45, 7) is 5.08. The molecule has 4 heterocycles. The fourth-order valence-electron chi connectivity index (χ4n) is 4.17. The zero-order valence-electron chi connectivity index (χ0n) is 19.8. The lowest BCUT2D eigenvalue weighted by Gasteiger charge is -2.40. The Bertz CT molecular complexity index is 1040. The summed E-state index contributed by atoms with van der Waals surface area (Å²) >= 11 is 1.83. The summed E-state index contributed by atoms with van der Waals surface area (Å²) in [5.74, 6) is -5.38. The first kappa shape index (κ1) is 31.0. The molecule has 4 rings (SSSR count). The Hall–Kier alpha value is -3.20. The second-order valence-electron chi connectivity index (χ2n) is 8.72. The molecule has 0 saturated carbocycles. The van der Waals surface area contributed by atoms with E-state index in [1.165, 1.54) is 17.7 Å². The number of carboxylic acid groups (broad SMARTS) is 2. The third-order valence-corrected chi connectivity index (χ3v) is 6.68. The minimum absolute atomic E-state index is 0.138. The molecule has 15 heteroatoms. The number of hydrogen-bond acceptors (Lipinski definition) is 6. The Balaban J connectivity index is 0.000000301. The van der Waals surface area contributed by atoms with Crippen LogP contribution in [0.25, 0.3) is 0 Å². The molecule has 38 heavy (non-hydrogen) atoms. The van der Waals surface area contributed by atoms with Crippen molar-refractivity contribution in [1.29, 1.82) is 0 Å². The zero-order valence-corrected chi connectivity index (χ0v) is 20.7. The molecule has 8 nitrogen and oxygen atoms in total. The smallest absolute Gasteiger partial charge is 0.475 e. The molecule has 2 aromatic heterocycles. The van der Waals surface area contributed by atoms with Crippen LogP contribution in [0, 0.1) is 5.41 Å². The van der Waals surface area contributed by atoms with Crippen LogP contribution in [0.3, 0.4) is 0 Å². The van der Waals surface area contributed by atoms with Crippen LogP contribution in [-0.4, -0.2) is 81.4 Å². The Kier molecular flexibility index (Phi) is 10.6. The average molecular weight is 570 g/mol. The van der Waals surface area contributed by atoms with Crippen LogP contribution >= 0.6 is 11.3 Å². The molecule has 1 amide bonds. The van der Waals surface area contributed by atoms with Gasteiger partial charge in [0.1, 0.15) is 0 Å². The summed E-state index contributed by atoms with van der Waals surface area (Å²) in [6.07, 6.45) is -3.21. The molecule has 2 fully saturated rings. The van der Waals surface area contributed by atoms with Gasteiger partial charge in [-0.1, -0.05) is 6.07 Å². The van der Waals surface area contributed by atoms with Gasteiger partial charge in [-0.05, 0) is 49.4 Å². The molecule has 1 unspecified atom stereocenters. The van der Waals surface area contributed by atoms with E-state index in [9.17, 15) is 31.1 Å². The van der Waals surface area contributed by atoms with Gasteiger partial charge in [0.25, 0.3) is 5.91 Å². The average Bonchev–Trinajstić information content (AvgIpc) is 3.49. The normalized spacial score (nSPS) is 19.7. The number of rotatable bonds is 3. The van der Waals surface area contributed by atoms with Crippen molar-refractivity contribution >= 4 is 29.2 Å². The minimum atomic E-state index is -5.08. The van der Waals surface area contributed by atoms with Crippen molar-refractivity contribution in [2.24, 2.45) is 5.41 Å². The van der Waals surface area contributed by atoms with Crippen molar-refractivity contribution in [3.8, 4) is 0 Å². The Morgan fingerprint density at radius 2 is 1.58 bits per heavy atom. The predicted molar refractivity (Wildman–Crippen MR) is 123 cm³/mol. The van der Waals surface area contributed by atoms with Crippen molar-refractivity contribution < 1.29 is 50.9 Å². The monoisotopic (exact) mass is 569 g/mol. The third-order valence-electron chi connectivity index (χ3n) is 5.82. The van der Waals surface area contributed by atoms with Crippen molar-refractivity contribution in [2.75, 3.05) is 26.2 Å². The number of halogens is 6. The SMILES string of the molecule is O=C(O)C(F)(F)F.O=C(O)C(F)(F)F.O=C(c1cccnc1)N1CCCC2(CCN(Cc3cccs3)C2)C1. The van der Waals surface area contributed by atoms with E-state index in [0.29, 0.717) is 5.56 Å². The maximum Gasteiger partial charge on any atom is 0.490 e. The van der Waals surface area contributed by atoms with Gasteiger partial charge in [0.05, 0.1) is 5.56 Å². The Morgan fingerprint density at radius 3 is 2.08 bits per heavy atom. The highest BCUT2D eigenvalue weighted by molar-refractivity contribution is 7.09. The molecule has 0 radical (unpaired) electrons. The summed E-state index contributed by atoms with van der Waals surface area (Å²) in [5.41, 5.74) is 0.996. The number of carbonyl (C=O) groups excluding carboxylic acids is 1. The van der Waals surface area contributed by atoms with Gasteiger partial charge in [-0.25, -0.2) is 9.59 Å². The number of piperidine rings is 1. The molecule has 2 aromatic rings. The number of carboxylic acids is 2. The first-order chi connectivity index (χ1) is 17.6. The molecule has 210 valence electrons. The largest absolute Gasteiger partial charge is 0.490 e. The maximum absolute atomic E-state index is 12.8. The zero-order chi connectivity index (χ0) is 28.6. The second kappa shape index (κ2) is 13.0. The Labute approximate surface area is 217 Å². The van der Waals surface area contributed by atoms with Gasteiger partial charge in [0, 0.05) is 48.9 Å². The molecule has 0 aliphatic carbocycles. The molecule has 0 bridgehead atoms. The third kappa shape index (κ3) is 9.59. The number of amides is 1. The van der Waals surface area contributed by atoms with E-state index in [0.717, 1.165) is 39.1 Å². The number of aliphatic carboxylic acids is 2. The first-order valence-electron chi connectivity index (χ1n) is 11.2. The van der Waals surface area contributed by atoms with Gasteiger partial charge in [0.2, 0.25) is 0 Å². The molecule has 2 saturated heterocycles. The molecule has 2 N–H and O–H groups in total. The minimum Gasteiger partial charge on any atom is -0.475 e. The summed E-state index contributed by atoms with van der Waals surface area (Å²) in [5, 5.41) is 16.4. The van der Waals surface area contributed by atoms with Crippen LogP contribution in [0.4, 0.5) is 26.3 Å². The van der Waals surface area contributed by atoms with Crippen molar-refractivity contribution in [2.45, 2.75) is 38.2 Å². The first-order valence-corrected chi connectivity index (χ1v) is 12.1. The topological polar surface area (TPSA) is 111 Å². The fourth-order valence-corrected chi connectivity index (χ4v) is 4.92. The van der Waals surface area contributed by atoms with E-state index < -0.39 is 24.3 Å². The van der Waals surface area contributed by atoms with Crippen molar-refractivity contribution in [1.82, 2.24) is 14.8 Å². The van der Waals surface area contributed by atoms with Crippen LogP contribution in [0.1, 0.15) is 34.5 Å². The molecule has 2 aliphatic rings. The lowest BCUT2D eigenvalue weighted by Crippen LogP contribution is -2.47. The molecule has 1 spiro atoms. The maximum atomic E-state index is 12.8. The summed E-state index contributed by atoms with van der Waals surface area (Å²) < 4.78 is 63.5. The van der Waals surface area contributed by atoms with Crippen molar-refractivity contribution in [3.63, 3.8) is 0 Å². The van der Waals surface area contributed by atoms with Gasteiger partial charge in [0.15, 0.2) is 0 Å². The number of aromatic nitrogens is 1. The number of thiophene rings is 1. The Morgan fingerprint density at radius 1 is 0.947 bits per heavy atom. The van der Waals surface area contributed by atoms with E-state index in [4.69, 9.17) is 19.8 Å². The van der Waals surface area contributed by atoms with E-state index >= 15 is 0 Å². The van der Waals surface area contributed by atoms with Crippen LogP contribution in [0.5, 0.6) is 0 Å². The van der Waals surface area contributed by atoms with Crippen LogP contribution in [0.2, 0.25) is 0 Å². The van der Waals surface area contributed by atoms with Crippen LogP contribution in [0.15, 0.2) is 42.0 Å². The quantitative estimate of drug-likeness (QED) is 0.523. The van der Waals surface area contributed by atoms with E-state index in [-0.39, 0.29) is 11.3 Å². The van der Waals surface area contributed by atoms with Crippen molar-refractivity contribution in [3.05, 3.63) is 52.5 Å². The summed E-state index contributed by atoms with van der Waals surface area (Å²) in [7, 11) is 0. The number of pyridine rings is 1. The van der Waals surface area contributed by atoms with E-state index in [2.05, 4.69) is 32.3 Å². The highest BCUT2D eigenvalue weighted by atomic mass is 32.1. The highest BCUT2D eigenvalue weighted by Gasteiger charge is 2.42. The van der Waals surface area contributed by atoms with Gasteiger partial charge >= 0.3 is 24.3 Å². The van der Waals surface area contributed by atoms with Gasteiger partial charge in [-0.2, -0.15) is 26.3 Å². The lowest BCUT2D eigenvalue weighted by molar-refractivity contribution is -0.193. The number of likely N-dealkylation sites (tertiary alicyclic amines) is 2. The molecule has 2 aliphatic heterocycles. The van der Waals surface area contributed by atoms with Gasteiger partial charge < -0.3 is 15.1 Å². The molecule has 0 aromatic carbocycles. The summed E-state index contributed by atoms with van der Waals surface area (Å²) in [6, 6.07) is 8.05. The standard InChI is InChI=1S/C19H23N3OS.2C2HF3O2/c23-18(16-4-1-8-20-12-16)22-9-3-6-19(15-22)7-10-21(14-19)13-17-5-2-11-24-17;2*3-2(4,5)1(6)7/h1-2,4-5,8,11-12H,3,6-7,9-10,13-15H2;2*(H,6,7). The molecular formula is C23H25F6N3O5S. The van der Waals surface area contributed by atoms with E-state index in [1.807, 2.05) is 23.5 Å². The number of carbonyl (C=O) groups is 3. The van der Waals surface area contributed by atoms with Gasteiger partial charge in [-0.15, -0.1) is 11.3 Å². The number of alkyl halides is 6. The van der Waals surface area contributed by atoms with Crippen LogP contribution in [-0.2, 0) is 16.1 Å². The van der Waals surface area contributed by atoms with Crippen LogP contribution < -0.4 is 0 Å². The highest BCUT2D eigenvalue weighted by Crippen LogP contribution is 2.40. The fraction of sp³-hybridized carbons (Fsp3) is 0.478. The lowest BCUT2D eigenvalue weighted by atomic mass is 9.79. The molecular weight excluding hydrogens is 544 g/mol. The predicted octanol–water partition coefficient (Wildman–Crippen LogP) is 4.54. The number of hydrogen-bond donors (Lipinski definition) is 2. The second-order valence-corrected chi connectivity index (χ2v) is 9.75.